The molecule has 0 saturated carbocycles. The first kappa shape index (κ1) is 25.0. The number of fused-ring (bicyclic) bond motifs is 1. The van der Waals surface area contributed by atoms with Crippen LogP contribution in [0, 0.1) is 0 Å². The number of carbonyl (C=O) groups excluding carboxylic acids is 1. The van der Waals surface area contributed by atoms with Crippen LogP contribution in [-0.2, 0) is 29.4 Å². The van der Waals surface area contributed by atoms with Crippen molar-refractivity contribution in [2.75, 3.05) is 37.6 Å². The summed E-state index contributed by atoms with van der Waals surface area (Å²) in [6, 6.07) is 21.0. The normalized spacial score (nSPS) is 14.4. The number of hydrogen-bond acceptors (Lipinski definition) is 7. The number of nitrogens with one attached hydrogen (secondary N) is 1. The number of carbonyl (C=O) groups is 1. The van der Waals surface area contributed by atoms with Crippen molar-refractivity contribution in [2.45, 2.75) is 18.7 Å². The summed E-state index contributed by atoms with van der Waals surface area (Å²) in [5, 5.41) is 3.79. The number of benzene rings is 2. The molecule has 4 aromatic rings. The SMILES string of the molecule is O=C(NCc1ccc(C[SH](=O)=O)cc1)c1cc2cccc(N3CCN(CCc4ccccn4)CC3)c2o1. The zero-order valence-electron chi connectivity index (χ0n) is 20.5. The van der Waals surface area contributed by atoms with Gasteiger partial charge in [0.05, 0.1) is 11.4 Å². The zero-order chi connectivity index (χ0) is 25.6. The molecule has 1 fully saturated rings. The van der Waals surface area contributed by atoms with Crippen LogP contribution >= 0.6 is 0 Å². The largest absolute Gasteiger partial charge is 0.449 e. The van der Waals surface area contributed by atoms with Gasteiger partial charge < -0.3 is 14.6 Å². The summed E-state index contributed by atoms with van der Waals surface area (Å²) >= 11 is 0. The Balaban J connectivity index is 1.19. The van der Waals surface area contributed by atoms with Gasteiger partial charge in [-0.2, -0.15) is 0 Å². The Kier molecular flexibility index (Phi) is 7.82. The van der Waals surface area contributed by atoms with E-state index in [1.54, 1.807) is 18.2 Å². The van der Waals surface area contributed by atoms with E-state index < -0.39 is 10.7 Å². The minimum atomic E-state index is -2.46. The van der Waals surface area contributed by atoms with Crippen LogP contribution in [0.3, 0.4) is 0 Å². The van der Waals surface area contributed by atoms with Crippen LogP contribution in [0.5, 0.6) is 0 Å². The standard InChI is InChI=1S/C28H30N4O4S/c33-28(30-19-21-7-9-22(10-8-21)20-37(34)35)26-18-23-4-3-6-25(27(23)36-26)32-16-14-31(15-17-32)13-11-24-5-1-2-12-29-24/h1-10,12,18,37H,11,13-17,19-20H2,(H,30,33). The molecule has 0 spiro atoms. The maximum atomic E-state index is 12.8. The Labute approximate surface area is 217 Å². The molecule has 1 aliphatic rings. The molecule has 8 nitrogen and oxygen atoms in total. The number of amides is 1. The number of rotatable bonds is 9. The van der Waals surface area contributed by atoms with E-state index in [4.69, 9.17) is 4.42 Å². The monoisotopic (exact) mass is 518 g/mol. The third-order valence-corrected chi connectivity index (χ3v) is 7.28. The topological polar surface area (TPSA) is 95.8 Å². The van der Waals surface area contributed by atoms with E-state index in [2.05, 4.69) is 26.2 Å². The van der Waals surface area contributed by atoms with Crippen LogP contribution < -0.4 is 10.2 Å². The average molecular weight is 519 g/mol. The number of aromatic nitrogens is 1. The minimum Gasteiger partial charge on any atom is -0.449 e. The van der Waals surface area contributed by atoms with Crippen LogP contribution in [-0.4, -0.2) is 56.9 Å². The van der Waals surface area contributed by atoms with Gasteiger partial charge in [-0.25, -0.2) is 8.42 Å². The highest BCUT2D eigenvalue weighted by Gasteiger charge is 2.21. The summed E-state index contributed by atoms with van der Waals surface area (Å²) in [5.74, 6) is 0.00776. The van der Waals surface area contributed by atoms with Gasteiger partial charge in [-0.15, -0.1) is 0 Å². The van der Waals surface area contributed by atoms with Crippen LogP contribution in [0.4, 0.5) is 5.69 Å². The molecule has 1 aliphatic heterocycles. The van der Waals surface area contributed by atoms with Crippen molar-refractivity contribution in [2.24, 2.45) is 0 Å². The molecule has 9 heteroatoms. The average Bonchev–Trinajstić information content (AvgIpc) is 3.37. The molecule has 1 amide bonds. The minimum absolute atomic E-state index is 0.0174. The van der Waals surface area contributed by atoms with Crippen LogP contribution in [0.2, 0.25) is 0 Å². The quantitative estimate of drug-likeness (QED) is 0.329. The van der Waals surface area contributed by atoms with Crippen molar-refractivity contribution in [1.82, 2.24) is 15.2 Å². The third-order valence-electron chi connectivity index (χ3n) is 6.66. The molecule has 3 heterocycles. The fraction of sp³-hybridized carbons (Fsp3) is 0.286. The molecule has 2 aromatic heterocycles. The van der Waals surface area contributed by atoms with E-state index in [-0.39, 0.29) is 17.4 Å². The third kappa shape index (κ3) is 6.36. The van der Waals surface area contributed by atoms with Gasteiger partial charge in [-0.1, -0.05) is 42.5 Å². The summed E-state index contributed by atoms with van der Waals surface area (Å²) in [5.41, 5.74) is 4.46. The summed E-state index contributed by atoms with van der Waals surface area (Å²) in [6.07, 6.45) is 2.78. The van der Waals surface area contributed by atoms with Crippen molar-refractivity contribution in [3.05, 3.63) is 95.5 Å². The molecule has 0 atom stereocenters. The Morgan fingerprint density at radius 3 is 2.46 bits per heavy atom. The molecule has 192 valence electrons. The van der Waals surface area contributed by atoms with Gasteiger partial charge in [0.1, 0.15) is 10.7 Å². The number of anilines is 1. The second-order valence-corrected chi connectivity index (χ2v) is 10.2. The maximum absolute atomic E-state index is 12.8. The van der Waals surface area contributed by atoms with Gasteiger partial charge in [0.15, 0.2) is 11.3 Å². The molecule has 2 aromatic carbocycles. The van der Waals surface area contributed by atoms with Gasteiger partial charge in [0.25, 0.3) is 5.91 Å². The molecule has 5 rings (SSSR count). The number of hydrogen-bond donors (Lipinski definition) is 2. The lowest BCUT2D eigenvalue weighted by atomic mass is 10.1. The molecular weight excluding hydrogens is 488 g/mol. The van der Waals surface area contributed by atoms with Crippen LogP contribution in [0.15, 0.2) is 77.3 Å². The summed E-state index contributed by atoms with van der Waals surface area (Å²) in [6.45, 7) is 5.01. The van der Waals surface area contributed by atoms with E-state index in [0.29, 0.717) is 6.54 Å². The fourth-order valence-electron chi connectivity index (χ4n) is 4.62. The molecule has 37 heavy (non-hydrogen) atoms. The molecule has 0 radical (unpaired) electrons. The fourth-order valence-corrected chi connectivity index (χ4v) is 5.13. The molecule has 1 N–H and O–H groups in total. The van der Waals surface area contributed by atoms with E-state index in [1.807, 2.05) is 48.7 Å². The zero-order valence-corrected chi connectivity index (χ0v) is 21.4. The van der Waals surface area contributed by atoms with Gasteiger partial charge >= 0.3 is 0 Å². The van der Waals surface area contributed by atoms with Gasteiger partial charge in [0, 0.05) is 63.0 Å². The lowest BCUT2D eigenvalue weighted by Gasteiger charge is -2.36. The highest BCUT2D eigenvalue weighted by Crippen LogP contribution is 2.30. The van der Waals surface area contributed by atoms with Crippen molar-refractivity contribution in [3.63, 3.8) is 0 Å². The van der Waals surface area contributed by atoms with Gasteiger partial charge in [-0.05, 0) is 35.4 Å². The first-order chi connectivity index (χ1) is 18.0. The Bertz CT molecular complexity index is 1420. The van der Waals surface area contributed by atoms with E-state index in [9.17, 15) is 13.2 Å². The van der Waals surface area contributed by atoms with Gasteiger partial charge in [0.2, 0.25) is 0 Å². The van der Waals surface area contributed by atoms with Crippen molar-refractivity contribution >= 4 is 33.3 Å². The maximum Gasteiger partial charge on any atom is 0.287 e. The lowest BCUT2D eigenvalue weighted by molar-refractivity contribution is 0.0925. The van der Waals surface area contributed by atoms with Crippen molar-refractivity contribution in [3.8, 4) is 0 Å². The molecule has 0 aliphatic carbocycles. The Morgan fingerprint density at radius 1 is 0.946 bits per heavy atom. The number of para-hydroxylation sites is 1. The van der Waals surface area contributed by atoms with Crippen LogP contribution in [0.25, 0.3) is 11.0 Å². The summed E-state index contributed by atoms with van der Waals surface area (Å²) in [7, 11) is -2.46. The number of nitrogens with zero attached hydrogens (tertiary/aromatic N) is 3. The molecule has 0 unspecified atom stereocenters. The highest BCUT2D eigenvalue weighted by molar-refractivity contribution is 7.71. The second-order valence-electron chi connectivity index (χ2n) is 9.20. The number of pyridine rings is 1. The Morgan fingerprint density at radius 2 is 1.73 bits per heavy atom. The van der Waals surface area contributed by atoms with Crippen molar-refractivity contribution < 1.29 is 17.6 Å². The van der Waals surface area contributed by atoms with E-state index in [0.717, 1.165) is 72.6 Å². The molecule has 0 bridgehead atoms. The smallest absolute Gasteiger partial charge is 0.287 e. The second kappa shape index (κ2) is 11.6. The Hall–Kier alpha value is -3.69. The predicted molar refractivity (Wildman–Crippen MR) is 144 cm³/mol. The molecule has 1 saturated heterocycles. The van der Waals surface area contributed by atoms with Gasteiger partial charge in [-0.3, -0.25) is 14.7 Å². The first-order valence-electron chi connectivity index (χ1n) is 12.4. The van der Waals surface area contributed by atoms with E-state index in [1.165, 1.54) is 0 Å². The first-order valence-corrected chi connectivity index (χ1v) is 13.8. The predicted octanol–water partition coefficient (Wildman–Crippen LogP) is 3.23. The highest BCUT2D eigenvalue weighted by atomic mass is 32.2. The lowest BCUT2D eigenvalue weighted by Crippen LogP contribution is -2.47. The number of furan rings is 1. The number of piperazine rings is 1. The van der Waals surface area contributed by atoms with Crippen LogP contribution in [0.1, 0.15) is 27.4 Å². The summed E-state index contributed by atoms with van der Waals surface area (Å²) < 4.78 is 27.8. The molecular formula is C28H30N4O4S. The van der Waals surface area contributed by atoms with Crippen molar-refractivity contribution in [1.29, 1.82) is 0 Å². The number of thiol groups is 1. The van der Waals surface area contributed by atoms with E-state index >= 15 is 0 Å². The summed E-state index contributed by atoms with van der Waals surface area (Å²) in [4.78, 5) is 22.0.